The second-order valence-electron chi connectivity index (χ2n) is 9.82. The Morgan fingerprint density at radius 2 is 1.85 bits per heavy atom. The molecule has 3 rings (SSSR count). The van der Waals surface area contributed by atoms with Gasteiger partial charge in [0.2, 0.25) is 0 Å². The summed E-state index contributed by atoms with van der Waals surface area (Å²) in [7, 11) is 0. The Labute approximate surface area is 202 Å². The van der Waals surface area contributed by atoms with Crippen LogP contribution in [0, 0.1) is 18.7 Å². The molecule has 0 bridgehead atoms. The van der Waals surface area contributed by atoms with E-state index >= 15 is 0 Å². The number of aliphatic hydroxyl groups is 2. The van der Waals surface area contributed by atoms with Gasteiger partial charge >= 0.3 is 0 Å². The second-order valence-corrected chi connectivity index (χ2v) is 9.82. The van der Waals surface area contributed by atoms with Crippen LogP contribution in [0.5, 0.6) is 0 Å². The molecule has 0 saturated heterocycles. The first-order valence-electron chi connectivity index (χ1n) is 12.6. The summed E-state index contributed by atoms with van der Waals surface area (Å²) < 4.78 is 15.5. The number of amides is 1. The number of aliphatic hydroxyl groups excluding tert-OH is 2. The molecule has 34 heavy (non-hydrogen) atoms. The Kier molecular flexibility index (Phi) is 9.65. The average Bonchev–Trinajstić information content (AvgIpc) is 3.22. The summed E-state index contributed by atoms with van der Waals surface area (Å²) in [5.41, 5.74) is 1.89. The van der Waals surface area contributed by atoms with Crippen molar-refractivity contribution in [2.24, 2.45) is 5.92 Å². The van der Waals surface area contributed by atoms with Gasteiger partial charge < -0.3 is 20.1 Å². The third-order valence-electron chi connectivity index (χ3n) is 6.71. The minimum atomic E-state index is -0.705. The van der Waals surface area contributed by atoms with E-state index in [1.165, 1.54) is 31.4 Å². The van der Waals surface area contributed by atoms with E-state index in [0.717, 1.165) is 18.5 Å². The maximum absolute atomic E-state index is 13.6. The fourth-order valence-electron chi connectivity index (χ4n) is 4.80. The number of carbonyl (C=O) groups is 1. The van der Waals surface area contributed by atoms with Crippen LogP contribution in [0.25, 0.3) is 11.4 Å². The molecule has 1 aliphatic carbocycles. The van der Waals surface area contributed by atoms with Gasteiger partial charge in [0.05, 0.1) is 17.9 Å². The molecular formula is C27H39FN3O3. The highest BCUT2D eigenvalue weighted by Crippen LogP contribution is 2.29. The Bertz CT molecular complexity index is 920. The van der Waals surface area contributed by atoms with E-state index < -0.39 is 12.2 Å². The number of imidazole rings is 1. The van der Waals surface area contributed by atoms with Crippen LogP contribution in [0.2, 0.25) is 0 Å². The SMILES string of the molecule is [CH2]CC(O)CC(O)CCn1c(-c2ccc(F)cc2)nc(C(=O)NCC2CCCCC2)c1C(C)C. The quantitative estimate of drug-likeness (QED) is 0.436. The van der Waals surface area contributed by atoms with E-state index in [9.17, 15) is 19.4 Å². The summed E-state index contributed by atoms with van der Waals surface area (Å²) in [6, 6.07) is 6.08. The molecule has 187 valence electrons. The van der Waals surface area contributed by atoms with Gasteiger partial charge in [0.15, 0.2) is 0 Å². The standard InChI is InChI=1S/C27H39FN3O3/c1-4-22(32)16-23(33)14-15-31-25(18(2)3)24(27(34)29-17-19-8-6-5-7-9-19)30-26(31)20-10-12-21(28)13-11-20/h10-13,18-19,22-23,32-33H,1,4-9,14-17H2,2-3H3,(H,29,34). The van der Waals surface area contributed by atoms with Crippen molar-refractivity contribution in [3.8, 4) is 11.4 Å². The molecule has 1 amide bonds. The molecule has 1 aromatic carbocycles. The molecule has 2 atom stereocenters. The smallest absolute Gasteiger partial charge is 0.271 e. The zero-order chi connectivity index (χ0) is 24.7. The third kappa shape index (κ3) is 6.89. The molecule has 2 unspecified atom stereocenters. The van der Waals surface area contributed by atoms with Crippen LogP contribution >= 0.6 is 0 Å². The lowest BCUT2D eigenvalue weighted by atomic mass is 9.89. The van der Waals surface area contributed by atoms with Gasteiger partial charge in [-0.05, 0) is 68.2 Å². The zero-order valence-electron chi connectivity index (χ0n) is 20.5. The number of aromatic nitrogens is 2. The maximum atomic E-state index is 13.6. The third-order valence-corrected chi connectivity index (χ3v) is 6.71. The van der Waals surface area contributed by atoms with E-state index in [1.807, 2.05) is 18.4 Å². The number of nitrogens with zero attached hydrogens (tertiary/aromatic N) is 2. The topological polar surface area (TPSA) is 87.4 Å². The van der Waals surface area contributed by atoms with Crippen molar-refractivity contribution in [1.82, 2.24) is 14.9 Å². The van der Waals surface area contributed by atoms with Crippen LogP contribution in [0.15, 0.2) is 24.3 Å². The van der Waals surface area contributed by atoms with E-state index in [4.69, 9.17) is 4.98 Å². The van der Waals surface area contributed by atoms with Gasteiger partial charge in [-0.3, -0.25) is 4.79 Å². The molecule has 0 aliphatic heterocycles. The molecule has 1 heterocycles. The lowest BCUT2D eigenvalue weighted by molar-refractivity contribution is 0.0742. The first-order valence-corrected chi connectivity index (χ1v) is 12.6. The number of hydrogen-bond acceptors (Lipinski definition) is 4. The normalized spacial score (nSPS) is 16.6. The Hall–Kier alpha value is -2.25. The Balaban J connectivity index is 1.89. The molecule has 6 nitrogen and oxygen atoms in total. The Morgan fingerprint density at radius 3 is 2.47 bits per heavy atom. The van der Waals surface area contributed by atoms with Crippen molar-refractivity contribution < 1.29 is 19.4 Å². The van der Waals surface area contributed by atoms with Crippen LogP contribution in [-0.4, -0.2) is 44.4 Å². The molecule has 1 saturated carbocycles. The highest BCUT2D eigenvalue weighted by Gasteiger charge is 2.26. The predicted octanol–water partition coefficient (Wildman–Crippen LogP) is 4.85. The average molecular weight is 473 g/mol. The van der Waals surface area contributed by atoms with Crippen molar-refractivity contribution in [3.05, 3.63) is 48.4 Å². The molecule has 1 aliphatic rings. The predicted molar refractivity (Wildman–Crippen MR) is 132 cm³/mol. The molecule has 1 radical (unpaired) electrons. The minimum absolute atomic E-state index is 0.0136. The fourth-order valence-corrected chi connectivity index (χ4v) is 4.80. The van der Waals surface area contributed by atoms with Crippen molar-refractivity contribution in [2.45, 2.75) is 89.9 Å². The number of hydrogen-bond donors (Lipinski definition) is 3. The van der Waals surface area contributed by atoms with E-state index in [2.05, 4.69) is 12.2 Å². The van der Waals surface area contributed by atoms with E-state index in [1.54, 1.807) is 12.1 Å². The van der Waals surface area contributed by atoms with Gasteiger partial charge in [0.25, 0.3) is 5.91 Å². The summed E-state index contributed by atoms with van der Waals surface area (Å²) in [6.45, 7) is 8.79. The first kappa shape index (κ1) is 26.4. The van der Waals surface area contributed by atoms with Crippen LogP contribution in [0.4, 0.5) is 4.39 Å². The number of nitrogens with one attached hydrogen (secondary N) is 1. The van der Waals surface area contributed by atoms with Gasteiger partial charge in [-0.1, -0.05) is 40.0 Å². The van der Waals surface area contributed by atoms with Gasteiger partial charge in [-0.25, -0.2) is 9.37 Å². The van der Waals surface area contributed by atoms with Gasteiger partial charge in [0.1, 0.15) is 17.3 Å². The van der Waals surface area contributed by atoms with Gasteiger partial charge in [-0.15, -0.1) is 0 Å². The largest absolute Gasteiger partial charge is 0.393 e. The monoisotopic (exact) mass is 472 g/mol. The zero-order valence-corrected chi connectivity index (χ0v) is 20.5. The molecule has 7 heteroatoms. The van der Waals surface area contributed by atoms with Crippen LogP contribution in [0.1, 0.15) is 87.3 Å². The summed E-state index contributed by atoms with van der Waals surface area (Å²) in [5, 5.41) is 23.4. The highest BCUT2D eigenvalue weighted by molar-refractivity contribution is 5.94. The van der Waals surface area contributed by atoms with Crippen molar-refractivity contribution in [3.63, 3.8) is 0 Å². The minimum Gasteiger partial charge on any atom is -0.393 e. The molecule has 0 spiro atoms. The number of carbonyl (C=O) groups excluding carboxylic acids is 1. The van der Waals surface area contributed by atoms with Gasteiger partial charge in [-0.2, -0.15) is 0 Å². The molecular weight excluding hydrogens is 433 g/mol. The lowest BCUT2D eigenvalue weighted by Crippen LogP contribution is -2.31. The summed E-state index contributed by atoms with van der Waals surface area (Å²) in [4.78, 5) is 18.0. The number of benzene rings is 1. The van der Waals surface area contributed by atoms with E-state index in [-0.39, 0.29) is 24.1 Å². The fraction of sp³-hybridized carbons (Fsp3) is 0.593. The molecule has 3 N–H and O–H groups in total. The lowest BCUT2D eigenvalue weighted by Gasteiger charge is -2.22. The summed E-state index contributed by atoms with van der Waals surface area (Å²) in [5.74, 6) is 0.572. The highest BCUT2D eigenvalue weighted by atomic mass is 19.1. The van der Waals surface area contributed by atoms with Crippen LogP contribution in [0.3, 0.4) is 0 Å². The second kappa shape index (κ2) is 12.5. The van der Waals surface area contributed by atoms with Crippen molar-refractivity contribution >= 4 is 5.91 Å². The summed E-state index contributed by atoms with van der Waals surface area (Å²) >= 11 is 0. The van der Waals surface area contributed by atoms with Crippen LogP contribution in [-0.2, 0) is 6.54 Å². The molecule has 1 fully saturated rings. The Morgan fingerprint density at radius 1 is 1.18 bits per heavy atom. The number of halogens is 1. The van der Waals surface area contributed by atoms with Crippen molar-refractivity contribution in [1.29, 1.82) is 0 Å². The maximum Gasteiger partial charge on any atom is 0.271 e. The van der Waals surface area contributed by atoms with Gasteiger partial charge in [0, 0.05) is 18.7 Å². The van der Waals surface area contributed by atoms with E-state index in [0.29, 0.717) is 48.9 Å². The van der Waals surface area contributed by atoms with Crippen LogP contribution < -0.4 is 5.32 Å². The molecule has 1 aromatic heterocycles. The summed E-state index contributed by atoms with van der Waals surface area (Å²) in [6.07, 6.45) is 5.60. The molecule has 2 aromatic rings. The van der Waals surface area contributed by atoms with Crippen molar-refractivity contribution in [2.75, 3.05) is 6.54 Å². The first-order chi connectivity index (χ1) is 16.3. The number of rotatable bonds is 11.